The Hall–Kier alpha value is -3.15. The molecule has 1 aliphatic rings. The third kappa shape index (κ3) is 4.87. The molecule has 0 aliphatic carbocycles. The Balaban J connectivity index is 1.52. The molecule has 0 radical (unpaired) electrons. The number of nitrogens with zero attached hydrogens (tertiary/aromatic N) is 2. The Labute approximate surface area is 177 Å². The van der Waals surface area contributed by atoms with Crippen molar-refractivity contribution in [2.45, 2.75) is 32.8 Å². The first-order valence-corrected chi connectivity index (χ1v) is 10.3. The van der Waals surface area contributed by atoms with Gasteiger partial charge in [0.25, 0.3) is 11.8 Å². The van der Waals surface area contributed by atoms with E-state index in [0.29, 0.717) is 31.5 Å². The molecule has 2 aromatic carbocycles. The fourth-order valence-corrected chi connectivity index (χ4v) is 3.67. The molecule has 0 unspecified atom stereocenters. The lowest BCUT2D eigenvalue weighted by Gasteiger charge is -2.32. The van der Waals surface area contributed by atoms with E-state index in [-0.39, 0.29) is 23.7 Å². The normalized spacial score (nSPS) is 15.4. The minimum atomic E-state index is -0.866. The van der Waals surface area contributed by atoms with Crippen LogP contribution in [0.1, 0.15) is 35.7 Å². The number of amides is 2. The van der Waals surface area contributed by atoms with Crippen LogP contribution < -0.4 is 4.90 Å². The molecule has 2 aromatic rings. The van der Waals surface area contributed by atoms with Gasteiger partial charge in [-0.15, -0.1) is 0 Å². The number of para-hydroxylation sites is 1. The van der Waals surface area contributed by atoms with Crippen molar-refractivity contribution in [1.82, 2.24) is 4.90 Å². The SMILES string of the molecule is Cc1ccccc1C(=O)N1CCC(C(=O)O[C@H](C)C(=O)N(C)c2ccccc2)CC1. The van der Waals surface area contributed by atoms with Gasteiger partial charge in [0, 0.05) is 31.4 Å². The van der Waals surface area contributed by atoms with E-state index >= 15 is 0 Å². The number of benzene rings is 2. The van der Waals surface area contributed by atoms with Crippen molar-refractivity contribution in [1.29, 1.82) is 0 Å². The first kappa shape index (κ1) is 21.6. The molecule has 0 bridgehead atoms. The maximum absolute atomic E-state index is 12.7. The lowest BCUT2D eigenvalue weighted by atomic mass is 9.96. The number of aryl methyl sites for hydroxylation is 1. The van der Waals surface area contributed by atoms with Crippen molar-refractivity contribution in [2.75, 3.05) is 25.0 Å². The van der Waals surface area contributed by atoms with Crippen LogP contribution in [-0.2, 0) is 14.3 Å². The highest BCUT2D eigenvalue weighted by atomic mass is 16.5. The molecular weight excluding hydrogens is 380 g/mol. The highest BCUT2D eigenvalue weighted by Gasteiger charge is 2.31. The van der Waals surface area contributed by atoms with E-state index in [1.54, 1.807) is 18.9 Å². The molecule has 158 valence electrons. The predicted octanol–water partition coefficient (Wildman–Crippen LogP) is 3.44. The number of rotatable bonds is 5. The molecule has 2 amide bonds. The number of piperidine rings is 1. The van der Waals surface area contributed by atoms with Crippen molar-refractivity contribution in [3.63, 3.8) is 0 Å². The molecule has 0 N–H and O–H groups in total. The number of esters is 1. The minimum Gasteiger partial charge on any atom is -0.452 e. The number of hydrogen-bond acceptors (Lipinski definition) is 4. The predicted molar refractivity (Wildman–Crippen MR) is 115 cm³/mol. The summed E-state index contributed by atoms with van der Waals surface area (Å²) < 4.78 is 5.46. The van der Waals surface area contributed by atoms with Gasteiger partial charge in [0.2, 0.25) is 0 Å². The number of ether oxygens (including phenoxy) is 1. The van der Waals surface area contributed by atoms with Crippen LogP contribution in [0.25, 0.3) is 0 Å². The quantitative estimate of drug-likeness (QED) is 0.711. The summed E-state index contributed by atoms with van der Waals surface area (Å²) in [7, 11) is 1.66. The Morgan fingerprint density at radius 2 is 1.60 bits per heavy atom. The zero-order chi connectivity index (χ0) is 21.7. The number of anilines is 1. The molecule has 3 rings (SSSR count). The number of carbonyl (C=O) groups excluding carboxylic acids is 3. The van der Waals surface area contributed by atoms with Gasteiger partial charge >= 0.3 is 5.97 Å². The summed E-state index contributed by atoms with van der Waals surface area (Å²) in [6, 6.07) is 16.7. The van der Waals surface area contributed by atoms with Crippen molar-refractivity contribution < 1.29 is 19.1 Å². The summed E-state index contributed by atoms with van der Waals surface area (Å²) in [5, 5.41) is 0. The molecule has 1 fully saturated rings. The topological polar surface area (TPSA) is 66.9 Å². The zero-order valence-corrected chi connectivity index (χ0v) is 17.7. The molecular formula is C24H28N2O4. The average molecular weight is 408 g/mol. The second-order valence-corrected chi connectivity index (χ2v) is 7.69. The number of likely N-dealkylation sites (tertiary alicyclic amines) is 1. The van der Waals surface area contributed by atoms with Gasteiger partial charge in [0.15, 0.2) is 6.10 Å². The van der Waals surface area contributed by atoms with E-state index in [9.17, 15) is 14.4 Å². The Kier molecular flexibility index (Phi) is 6.87. The first-order chi connectivity index (χ1) is 14.4. The van der Waals surface area contributed by atoms with Gasteiger partial charge < -0.3 is 14.5 Å². The molecule has 1 heterocycles. The molecule has 0 saturated carbocycles. The van der Waals surface area contributed by atoms with Crippen LogP contribution in [0.2, 0.25) is 0 Å². The minimum absolute atomic E-state index is 0.00653. The van der Waals surface area contributed by atoms with Crippen LogP contribution in [0.3, 0.4) is 0 Å². The van der Waals surface area contributed by atoms with Gasteiger partial charge in [-0.1, -0.05) is 36.4 Å². The van der Waals surface area contributed by atoms with E-state index in [2.05, 4.69) is 0 Å². The molecule has 6 heteroatoms. The lowest BCUT2D eigenvalue weighted by Crippen LogP contribution is -2.43. The zero-order valence-electron chi connectivity index (χ0n) is 17.7. The first-order valence-electron chi connectivity index (χ1n) is 10.3. The Morgan fingerprint density at radius 1 is 1.00 bits per heavy atom. The van der Waals surface area contributed by atoms with E-state index in [0.717, 1.165) is 11.3 Å². The largest absolute Gasteiger partial charge is 0.452 e. The molecule has 1 saturated heterocycles. The van der Waals surface area contributed by atoms with Crippen molar-refractivity contribution in [3.05, 3.63) is 65.7 Å². The third-order valence-corrected chi connectivity index (χ3v) is 5.61. The third-order valence-electron chi connectivity index (χ3n) is 5.61. The highest BCUT2D eigenvalue weighted by Crippen LogP contribution is 2.22. The molecule has 0 spiro atoms. The van der Waals surface area contributed by atoms with Crippen LogP contribution >= 0.6 is 0 Å². The number of hydrogen-bond donors (Lipinski definition) is 0. The Morgan fingerprint density at radius 3 is 2.23 bits per heavy atom. The van der Waals surface area contributed by atoms with Gasteiger partial charge in [-0.05, 0) is 50.5 Å². The maximum atomic E-state index is 12.7. The standard InChI is InChI=1S/C24H28N2O4/c1-17-9-7-8-12-21(17)23(28)26-15-13-19(14-16-26)24(29)30-18(2)22(27)25(3)20-10-5-4-6-11-20/h4-12,18-19H,13-16H2,1-3H3/t18-/m1/s1. The van der Waals surface area contributed by atoms with E-state index in [4.69, 9.17) is 4.74 Å². The summed E-state index contributed by atoms with van der Waals surface area (Å²) in [5.74, 6) is -0.960. The lowest BCUT2D eigenvalue weighted by molar-refractivity contribution is -0.159. The van der Waals surface area contributed by atoms with Crippen molar-refractivity contribution in [2.24, 2.45) is 5.92 Å². The molecule has 1 atom stereocenters. The van der Waals surface area contributed by atoms with E-state index in [1.165, 1.54) is 4.90 Å². The summed E-state index contributed by atoms with van der Waals surface area (Å²) in [6.45, 7) is 4.51. The van der Waals surface area contributed by atoms with Crippen molar-refractivity contribution >= 4 is 23.5 Å². The van der Waals surface area contributed by atoms with Crippen LogP contribution in [0.5, 0.6) is 0 Å². The van der Waals surface area contributed by atoms with Gasteiger partial charge in [0.1, 0.15) is 0 Å². The monoisotopic (exact) mass is 408 g/mol. The van der Waals surface area contributed by atoms with Crippen LogP contribution in [0.15, 0.2) is 54.6 Å². The molecule has 0 aromatic heterocycles. The molecule has 30 heavy (non-hydrogen) atoms. The summed E-state index contributed by atoms with van der Waals surface area (Å²) in [6.07, 6.45) is 0.201. The van der Waals surface area contributed by atoms with Crippen LogP contribution in [-0.4, -0.2) is 48.9 Å². The van der Waals surface area contributed by atoms with Gasteiger partial charge in [0.05, 0.1) is 5.92 Å². The van der Waals surface area contributed by atoms with Gasteiger partial charge in [-0.25, -0.2) is 0 Å². The van der Waals surface area contributed by atoms with Crippen LogP contribution in [0, 0.1) is 12.8 Å². The second-order valence-electron chi connectivity index (χ2n) is 7.69. The molecule has 1 aliphatic heterocycles. The average Bonchev–Trinajstić information content (AvgIpc) is 2.78. The fourth-order valence-electron chi connectivity index (χ4n) is 3.67. The van der Waals surface area contributed by atoms with E-state index in [1.807, 2.05) is 61.5 Å². The fraction of sp³-hybridized carbons (Fsp3) is 0.375. The van der Waals surface area contributed by atoms with Gasteiger partial charge in [-0.2, -0.15) is 0 Å². The maximum Gasteiger partial charge on any atom is 0.309 e. The van der Waals surface area contributed by atoms with E-state index < -0.39 is 6.10 Å². The number of carbonyl (C=O) groups is 3. The second kappa shape index (κ2) is 9.57. The van der Waals surface area contributed by atoms with Gasteiger partial charge in [-0.3, -0.25) is 14.4 Å². The highest BCUT2D eigenvalue weighted by molar-refractivity contribution is 5.97. The van der Waals surface area contributed by atoms with Crippen molar-refractivity contribution in [3.8, 4) is 0 Å². The smallest absolute Gasteiger partial charge is 0.309 e. The number of likely N-dealkylation sites (N-methyl/N-ethyl adjacent to an activating group) is 1. The van der Waals surface area contributed by atoms with Crippen LogP contribution in [0.4, 0.5) is 5.69 Å². The molecule has 6 nitrogen and oxygen atoms in total. The Bertz CT molecular complexity index is 904. The summed E-state index contributed by atoms with van der Waals surface area (Å²) in [5.41, 5.74) is 2.38. The summed E-state index contributed by atoms with van der Waals surface area (Å²) in [4.78, 5) is 41.2. The summed E-state index contributed by atoms with van der Waals surface area (Å²) >= 11 is 0.